The third-order valence-electron chi connectivity index (χ3n) is 3.89. The van der Waals surface area contributed by atoms with Gasteiger partial charge in [0.2, 0.25) is 0 Å². The first kappa shape index (κ1) is 17.7. The van der Waals surface area contributed by atoms with E-state index < -0.39 is 12.0 Å². The zero-order valence-corrected chi connectivity index (χ0v) is 13.2. The smallest absolute Gasteiger partial charge is 0.326 e. The number of hydrogen-bond acceptors (Lipinski definition) is 4. The number of nitrogens with zero attached hydrogens (tertiary/aromatic N) is 2. The van der Waals surface area contributed by atoms with Crippen LogP contribution in [-0.4, -0.2) is 79.9 Å². The standard InChI is InChI=1S/C14H27N3O4/c1-11-5-4-7-17(12(11)13(18)19)14(20)15-6-8-16(2)9-10-21-3/h11-12H,4-10H2,1-3H3,(H,15,20)(H,18,19). The maximum atomic E-state index is 12.2. The lowest BCUT2D eigenvalue weighted by molar-refractivity contribution is -0.145. The number of carboxylic acids is 1. The number of hydrogen-bond donors (Lipinski definition) is 2. The van der Waals surface area contributed by atoms with E-state index in [1.165, 1.54) is 4.90 Å². The van der Waals surface area contributed by atoms with E-state index in [0.717, 1.165) is 19.4 Å². The van der Waals surface area contributed by atoms with Crippen molar-refractivity contribution >= 4 is 12.0 Å². The molecule has 7 heteroatoms. The van der Waals surface area contributed by atoms with E-state index in [1.807, 2.05) is 14.0 Å². The van der Waals surface area contributed by atoms with Crippen molar-refractivity contribution in [3.8, 4) is 0 Å². The fraction of sp³-hybridized carbons (Fsp3) is 0.857. The first-order chi connectivity index (χ1) is 9.97. The Morgan fingerprint density at radius 1 is 1.43 bits per heavy atom. The normalized spacial score (nSPS) is 22.4. The molecule has 1 heterocycles. The quantitative estimate of drug-likeness (QED) is 0.714. The van der Waals surface area contributed by atoms with Crippen molar-refractivity contribution in [1.82, 2.24) is 15.1 Å². The van der Waals surface area contributed by atoms with Gasteiger partial charge in [-0.1, -0.05) is 6.92 Å². The number of amides is 2. The van der Waals surface area contributed by atoms with Crippen LogP contribution in [0.5, 0.6) is 0 Å². The number of methoxy groups -OCH3 is 1. The maximum absolute atomic E-state index is 12.2. The summed E-state index contributed by atoms with van der Waals surface area (Å²) in [7, 11) is 3.60. The van der Waals surface area contributed by atoms with E-state index in [9.17, 15) is 14.7 Å². The van der Waals surface area contributed by atoms with Gasteiger partial charge >= 0.3 is 12.0 Å². The van der Waals surface area contributed by atoms with E-state index in [1.54, 1.807) is 7.11 Å². The number of piperidine rings is 1. The fourth-order valence-electron chi connectivity index (χ4n) is 2.61. The molecule has 1 rings (SSSR count). The Hall–Kier alpha value is -1.34. The molecule has 0 aromatic heterocycles. The SMILES string of the molecule is COCCN(C)CCNC(=O)N1CCCC(C)C1C(=O)O. The molecule has 0 saturated carbocycles. The number of rotatable bonds is 7. The molecule has 122 valence electrons. The number of carbonyl (C=O) groups is 2. The second-order valence-electron chi connectivity index (χ2n) is 5.62. The molecule has 2 atom stereocenters. The molecular weight excluding hydrogens is 274 g/mol. The molecule has 1 aliphatic heterocycles. The van der Waals surface area contributed by atoms with Crippen LogP contribution in [0.25, 0.3) is 0 Å². The minimum absolute atomic E-state index is 0.00798. The molecule has 0 aliphatic carbocycles. The number of carboxylic acid groups (broad SMARTS) is 1. The van der Waals surface area contributed by atoms with E-state index in [0.29, 0.717) is 26.2 Å². The van der Waals surface area contributed by atoms with Crippen LogP contribution in [0.15, 0.2) is 0 Å². The van der Waals surface area contributed by atoms with Crippen LogP contribution >= 0.6 is 0 Å². The van der Waals surface area contributed by atoms with Crippen LogP contribution in [0, 0.1) is 5.92 Å². The van der Waals surface area contributed by atoms with Crippen molar-refractivity contribution in [1.29, 1.82) is 0 Å². The van der Waals surface area contributed by atoms with Gasteiger partial charge < -0.3 is 25.0 Å². The Morgan fingerprint density at radius 3 is 2.76 bits per heavy atom. The second kappa shape index (κ2) is 8.84. The Morgan fingerprint density at radius 2 is 2.14 bits per heavy atom. The number of likely N-dealkylation sites (N-methyl/N-ethyl adjacent to an activating group) is 1. The summed E-state index contributed by atoms with van der Waals surface area (Å²) in [6.07, 6.45) is 1.70. The highest BCUT2D eigenvalue weighted by Crippen LogP contribution is 2.23. The van der Waals surface area contributed by atoms with Gasteiger partial charge in [0.15, 0.2) is 0 Å². The van der Waals surface area contributed by atoms with Crippen LogP contribution in [0.3, 0.4) is 0 Å². The molecule has 0 spiro atoms. The Balaban J connectivity index is 2.41. The molecule has 0 radical (unpaired) electrons. The molecule has 21 heavy (non-hydrogen) atoms. The van der Waals surface area contributed by atoms with Crippen LogP contribution < -0.4 is 5.32 Å². The number of ether oxygens (including phenoxy) is 1. The minimum Gasteiger partial charge on any atom is -0.480 e. The van der Waals surface area contributed by atoms with Gasteiger partial charge in [-0.25, -0.2) is 9.59 Å². The van der Waals surface area contributed by atoms with Crippen LogP contribution in [0.1, 0.15) is 19.8 Å². The highest BCUT2D eigenvalue weighted by Gasteiger charge is 2.36. The van der Waals surface area contributed by atoms with E-state index >= 15 is 0 Å². The van der Waals surface area contributed by atoms with Gasteiger partial charge in [-0.3, -0.25) is 0 Å². The molecule has 1 aliphatic rings. The molecule has 0 aromatic rings. The molecular formula is C14H27N3O4. The predicted molar refractivity (Wildman–Crippen MR) is 79.3 cm³/mol. The molecule has 1 fully saturated rings. The summed E-state index contributed by atoms with van der Waals surface area (Å²) in [5.41, 5.74) is 0. The number of carbonyl (C=O) groups excluding carboxylic acids is 1. The second-order valence-corrected chi connectivity index (χ2v) is 5.62. The number of aliphatic carboxylic acids is 1. The number of urea groups is 1. The molecule has 2 N–H and O–H groups in total. The highest BCUT2D eigenvalue weighted by atomic mass is 16.5. The lowest BCUT2D eigenvalue weighted by Crippen LogP contribution is -2.55. The van der Waals surface area contributed by atoms with Crippen LogP contribution in [0.4, 0.5) is 4.79 Å². The van der Waals surface area contributed by atoms with Gasteiger partial charge in [0.25, 0.3) is 0 Å². The summed E-state index contributed by atoms with van der Waals surface area (Å²) < 4.78 is 4.98. The first-order valence-electron chi connectivity index (χ1n) is 7.42. The number of nitrogens with one attached hydrogen (secondary N) is 1. The monoisotopic (exact) mass is 301 g/mol. The maximum Gasteiger partial charge on any atom is 0.326 e. The highest BCUT2D eigenvalue weighted by molar-refractivity contribution is 5.83. The minimum atomic E-state index is -0.922. The van der Waals surface area contributed by atoms with Crippen molar-refractivity contribution in [3.63, 3.8) is 0 Å². The summed E-state index contributed by atoms with van der Waals surface area (Å²) in [5, 5.41) is 12.1. The summed E-state index contributed by atoms with van der Waals surface area (Å²) in [4.78, 5) is 27.0. The zero-order chi connectivity index (χ0) is 15.8. The molecule has 1 saturated heterocycles. The van der Waals surface area contributed by atoms with Gasteiger partial charge in [0.05, 0.1) is 6.61 Å². The third-order valence-corrected chi connectivity index (χ3v) is 3.89. The summed E-state index contributed by atoms with van der Waals surface area (Å²) in [6, 6.07) is -1.00. The van der Waals surface area contributed by atoms with E-state index in [2.05, 4.69) is 10.2 Å². The fourth-order valence-corrected chi connectivity index (χ4v) is 2.61. The average molecular weight is 301 g/mol. The molecule has 2 unspecified atom stereocenters. The zero-order valence-electron chi connectivity index (χ0n) is 13.2. The Labute approximate surface area is 126 Å². The summed E-state index contributed by atoms with van der Waals surface area (Å²) >= 11 is 0. The van der Waals surface area contributed by atoms with Crippen LogP contribution in [0.2, 0.25) is 0 Å². The molecule has 0 bridgehead atoms. The van der Waals surface area contributed by atoms with Crippen molar-refractivity contribution in [2.75, 3.05) is 46.9 Å². The average Bonchev–Trinajstić information content (AvgIpc) is 2.44. The lowest BCUT2D eigenvalue weighted by Gasteiger charge is -2.37. The number of likely N-dealkylation sites (tertiary alicyclic amines) is 1. The molecule has 7 nitrogen and oxygen atoms in total. The van der Waals surface area contributed by atoms with Crippen LogP contribution in [-0.2, 0) is 9.53 Å². The van der Waals surface area contributed by atoms with E-state index in [-0.39, 0.29) is 11.9 Å². The largest absolute Gasteiger partial charge is 0.480 e. The summed E-state index contributed by atoms with van der Waals surface area (Å²) in [5.74, 6) is -0.930. The summed E-state index contributed by atoms with van der Waals surface area (Å²) in [6.45, 7) is 5.04. The third kappa shape index (κ3) is 5.51. The molecule has 2 amide bonds. The topological polar surface area (TPSA) is 82.1 Å². The van der Waals surface area contributed by atoms with E-state index in [4.69, 9.17) is 4.74 Å². The Bertz CT molecular complexity index is 351. The van der Waals surface area contributed by atoms with Crippen molar-refractivity contribution < 1.29 is 19.4 Å². The molecule has 0 aromatic carbocycles. The van der Waals surface area contributed by atoms with Crippen molar-refractivity contribution in [2.45, 2.75) is 25.8 Å². The van der Waals surface area contributed by atoms with Gasteiger partial charge in [0.1, 0.15) is 6.04 Å². The Kier molecular flexibility index (Phi) is 7.45. The first-order valence-corrected chi connectivity index (χ1v) is 7.42. The van der Waals surface area contributed by atoms with Gasteiger partial charge in [-0.15, -0.1) is 0 Å². The van der Waals surface area contributed by atoms with Gasteiger partial charge in [-0.2, -0.15) is 0 Å². The lowest BCUT2D eigenvalue weighted by atomic mass is 9.91. The van der Waals surface area contributed by atoms with Gasteiger partial charge in [0, 0.05) is 33.3 Å². The van der Waals surface area contributed by atoms with Gasteiger partial charge in [-0.05, 0) is 25.8 Å². The predicted octanol–water partition coefficient (Wildman–Crippen LogP) is 0.459. The van der Waals surface area contributed by atoms with Crippen molar-refractivity contribution in [2.24, 2.45) is 5.92 Å². The van der Waals surface area contributed by atoms with Crippen molar-refractivity contribution in [3.05, 3.63) is 0 Å².